The zero-order chi connectivity index (χ0) is 12.6. The molecule has 0 radical (unpaired) electrons. The Bertz CT molecular complexity index is 230. The van der Waals surface area contributed by atoms with Gasteiger partial charge in [-0.05, 0) is 50.7 Å². The van der Waals surface area contributed by atoms with Crippen LogP contribution in [0.15, 0.2) is 23.3 Å². The quantitative estimate of drug-likeness (QED) is 0.396. The van der Waals surface area contributed by atoms with Crippen molar-refractivity contribution in [2.24, 2.45) is 0 Å². The Kier molecular flexibility index (Phi) is 7.95. The minimum Gasteiger partial charge on any atom is -0.173 e. The predicted octanol–water partition coefficient (Wildman–Crippen LogP) is 5.67. The highest BCUT2D eigenvalue weighted by molar-refractivity contribution is 4.98. The van der Waals surface area contributed by atoms with E-state index in [2.05, 4.69) is 0 Å². The second-order valence-corrected chi connectivity index (χ2v) is 4.00. The van der Waals surface area contributed by atoms with Crippen LogP contribution < -0.4 is 0 Å². The monoisotopic (exact) mass is 238 g/mol. The van der Waals surface area contributed by atoms with Crippen molar-refractivity contribution in [1.29, 1.82) is 0 Å². The minimum absolute atomic E-state index is 0.130. The molecule has 4 heteroatoms. The van der Waals surface area contributed by atoms with E-state index in [-0.39, 0.29) is 11.1 Å². The van der Waals surface area contributed by atoms with E-state index in [1.807, 2.05) is 0 Å². The lowest BCUT2D eigenvalue weighted by Gasteiger charge is -2.02. The number of halogens is 4. The fraction of sp³-hybridized carbons (Fsp3) is 0.667. The van der Waals surface area contributed by atoms with Crippen LogP contribution in [0.2, 0.25) is 0 Å². The zero-order valence-electron chi connectivity index (χ0n) is 9.75. The molecular weight excluding hydrogens is 220 g/mol. The van der Waals surface area contributed by atoms with Crippen molar-refractivity contribution in [1.82, 2.24) is 0 Å². The third-order valence-corrected chi connectivity index (χ3v) is 2.50. The largest absolute Gasteiger partial charge is 0.269 e. The standard InChI is InChI=1S/C12H18F4/c1-9(11(13)14)7-5-3-4-6-8-10(2)12(15)16/h3-8H2,1-2H3. The van der Waals surface area contributed by atoms with Gasteiger partial charge in [-0.3, -0.25) is 0 Å². The van der Waals surface area contributed by atoms with Crippen molar-refractivity contribution >= 4 is 0 Å². The van der Waals surface area contributed by atoms with Crippen LogP contribution in [-0.4, -0.2) is 0 Å². The van der Waals surface area contributed by atoms with Gasteiger partial charge in [-0.1, -0.05) is 12.8 Å². The van der Waals surface area contributed by atoms with Crippen LogP contribution in [0, 0.1) is 0 Å². The molecule has 0 aliphatic rings. The first-order chi connectivity index (χ1) is 7.45. The van der Waals surface area contributed by atoms with Crippen molar-refractivity contribution in [3.63, 3.8) is 0 Å². The fourth-order valence-corrected chi connectivity index (χ4v) is 1.32. The molecular formula is C12H18F4. The molecule has 0 aliphatic carbocycles. The lowest BCUT2D eigenvalue weighted by Crippen LogP contribution is -1.84. The Morgan fingerprint density at radius 2 is 0.938 bits per heavy atom. The maximum atomic E-state index is 12.0. The van der Waals surface area contributed by atoms with Crippen LogP contribution in [0.25, 0.3) is 0 Å². The van der Waals surface area contributed by atoms with Gasteiger partial charge >= 0.3 is 0 Å². The lowest BCUT2D eigenvalue weighted by atomic mass is 10.1. The normalized spacial score (nSPS) is 10.1. The second kappa shape index (κ2) is 8.36. The average molecular weight is 238 g/mol. The maximum absolute atomic E-state index is 12.0. The molecule has 0 atom stereocenters. The van der Waals surface area contributed by atoms with Crippen molar-refractivity contribution < 1.29 is 17.6 Å². The summed E-state index contributed by atoms with van der Waals surface area (Å²) in [5, 5.41) is 0. The van der Waals surface area contributed by atoms with Crippen LogP contribution in [0.1, 0.15) is 52.4 Å². The van der Waals surface area contributed by atoms with Gasteiger partial charge in [-0.15, -0.1) is 0 Å². The number of allylic oxidation sites excluding steroid dienone is 2. The molecule has 0 aromatic rings. The lowest BCUT2D eigenvalue weighted by molar-refractivity contribution is 0.404. The first-order valence-corrected chi connectivity index (χ1v) is 5.46. The smallest absolute Gasteiger partial charge is 0.173 e. The Labute approximate surface area is 94.0 Å². The Hall–Kier alpha value is -0.800. The van der Waals surface area contributed by atoms with Crippen LogP contribution >= 0.6 is 0 Å². The molecule has 0 aromatic heterocycles. The Morgan fingerprint density at radius 1 is 0.625 bits per heavy atom. The third kappa shape index (κ3) is 7.49. The summed E-state index contributed by atoms with van der Waals surface area (Å²) in [5.41, 5.74) is 0.261. The van der Waals surface area contributed by atoms with E-state index in [0.29, 0.717) is 25.7 Å². The van der Waals surface area contributed by atoms with Crippen molar-refractivity contribution in [2.75, 3.05) is 0 Å². The summed E-state index contributed by atoms with van der Waals surface area (Å²) in [6.07, 6.45) is 0.617. The predicted molar refractivity (Wildman–Crippen MR) is 57.5 cm³/mol. The molecule has 0 fully saturated rings. The average Bonchev–Trinajstić information content (AvgIpc) is 2.21. The number of hydrogen-bond donors (Lipinski definition) is 0. The molecule has 0 rings (SSSR count). The molecule has 16 heavy (non-hydrogen) atoms. The SMILES string of the molecule is CC(CCCCCCC(C)=C(F)F)=C(F)F. The minimum atomic E-state index is -1.60. The molecule has 0 aromatic carbocycles. The topological polar surface area (TPSA) is 0 Å². The molecule has 0 spiro atoms. The summed E-state index contributed by atoms with van der Waals surface area (Å²) in [7, 11) is 0. The zero-order valence-corrected chi connectivity index (χ0v) is 9.75. The van der Waals surface area contributed by atoms with Crippen molar-refractivity contribution in [2.45, 2.75) is 52.4 Å². The fourth-order valence-electron chi connectivity index (χ4n) is 1.32. The molecule has 0 bridgehead atoms. The maximum Gasteiger partial charge on any atom is 0.269 e. The van der Waals surface area contributed by atoms with Crippen LogP contribution in [0.4, 0.5) is 17.6 Å². The highest BCUT2D eigenvalue weighted by Gasteiger charge is 2.01. The molecule has 0 heterocycles. The van der Waals surface area contributed by atoms with Gasteiger partial charge in [0.2, 0.25) is 0 Å². The van der Waals surface area contributed by atoms with Gasteiger partial charge in [-0.25, -0.2) is 0 Å². The molecule has 0 saturated heterocycles. The summed E-state index contributed by atoms with van der Waals surface area (Å²) >= 11 is 0. The summed E-state index contributed by atoms with van der Waals surface area (Å²) in [4.78, 5) is 0. The molecule has 0 aliphatic heterocycles. The Balaban J connectivity index is 3.50. The van der Waals surface area contributed by atoms with Crippen LogP contribution in [-0.2, 0) is 0 Å². The molecule has 0 N–H and O–H groups in total. The van der Waals surface area contributed by atoms with E-state index >= 15 is 0 Å². The number of hydrogen-bond acceptors (Lipinski definition) is 0. The van der Waals surface area contributed by atoms with Gasteiger partial charge in [0.05, 0.1) is 0 Å². The first-order valence-electron chi connectivity index (χ1n) is 5.46. The van der Waals surface area contributed by atoms with Gasteiger partial charge in [0.15, 0.2) is 0 Å². The third-order valence-electron chi connectivity index (χ3n) is 2.50. The highest BCUT2D eigenvalue weighted by atomic mass is 19.3. The van der Waals surface area contributed by atoms with Gasteiger partial charge in [0, 0.05) is 0 Å². The van der Waals surface area contributed by atoms with E-state index in [4.69, 9.17) is 0 Å². The van der Waals surface area contributed by atoms with E-state index in [1.165, 1.54) is 13.8 Å². The Morgan fingerprint density at radius 3 is 1.19 bits per heavy atom. The molecule has 0 amide bonds. The molecule has 0 nitrogen and oxygen atoms in total. The van der Waals surface area contributed by atoms with Crippen LogP contribution in [0.5, 0.6) is 0 Å². The van der Waals surface area contributed by atoms with E-state index in [1.54, 1.807) is 0 Å². The van der Waals surface area contributed by atoms with Gasteiger partial charge in [-0.2, -0.15) is 17.6 Å². The number of rotatable bonds is 7. The highest BCUT2D eigenvalue weighted by Crippen LogP contribution is 2.18. The molecule has 0 saturated carbocycles. The first kappa shape index (κ1) is 15.2. The summed E-state index contributed by atoms with van der Waals surface area (Å²) < 4.78 is 48.0. The second-order valence-electron chi connectivity index (χ2n) is 4.00. The van der Waals surface area contributed by atoms with E-state index in [9.17, 15) is 17.6 Å². The van der Waals surface area contributed by atoms with Crippen LogP contribution in [0.3, 0.4) is 0 Å². The summed E-state index contributed by atoms with van der Waals surface area (Å²) in [5.74, 6) is 0. The van der Waals surface area contributed by atoms with Crippen molar-refractivity contribution in [3.05, 3.63) is 23.3 Å². The summed E-state index contributed by atoms with van der Waals surface area (Å²) in [6.45, 7) is 2.83. The molecule has 94 valence electrons. The van der Waals surface area contributed by atoms with Gasteiger partial charge < -0.3 is 0 Å². The van der Waals surface area contributed by atoms with Crippen molar-refractivity contribution in [3.8, 4) is 0 Å². The number of unbranched alkanes of at least 4 members (excludes halogenated alkanes) is 3. The summed E-state index contributed by atoms with van der Waals surface area (Å²) in [6, 6.07) is 0. The van der Waals surface area contributed by atoms with Gasteiger partial charge in [0.25, 0.3) is 12.2 Å². The van der Waals surface area contributed by atoms with E-state index in [0.717, 1.165) is 12.8 Å². The molecule has 0 unspecified atom stereocenters. The van der Waals surface area contributed by atoms with Gasteiger partial charge in [0.1, 0.15) is 0 Å². The van der Waals surface area contributed by atoms with E-state index < -0.39 is 12.2 Å².